The molecule has 0 aliphatic rings. The number of aliphatic hydroxyl groups excluding tert-OH is 1. The van der Waals surface area contributed by atoms with Gasteiger partial charge < -0.3 is 14.6 Å². The number of carbonyl (C=O) groups is 2. The van der Waals surface area contributed by atoms with E-state index in [0.717, 1.165) is 64.2 Å². The van der Waals surface area contributed by atoms with Crippen LogP contribution >= 0.6 is 0 Å². The second kappa shape index (κ2) is 80.8. The van der Waals surface area contributed by atoms with E-state index in [9.17, 15) is 14.7 Å². The van der Waals surface area contributed by atoms with Crippen molar-refractivity contribution in [2.24, 2.45) is 0 Å². The fourth-order valence-electron chi connectivity index (χ4n) is 12.8. The van der Waals surface area contributed by atoms with Crippen LogP contribution in [0.3, 0.4) is 0 Å². The Bertz CT molecular complexity index is 1520. The van der Waals surface area contributed by atoms with Crippen LogP contribution in [0.4, 0.5) is 0 Å². The summed E-state index contributed by atoms with van der Waals surface area (Å²) >= 11 is 0. The van der Waals surface area contributed by atoms with Gasteiger partial charge in [-0.25, -0.2) is 0 Å². The van der Waals surface area contributed by atoms with E-state index in [2.05, 4.69) is 74.6 Å². The Balaban J connectivity index is 3.36. The highest BCUT2D eigenvalue weighted by Crippen LogP contribution is 2.20. The molecular formula is C85H158O5. The number of hydrogen-bond donors (Lipinski definition) is 1. The van der Waals surface area contributed by atoms with Gasteiger partial charge in [-0.3, -0.25) is 9.59 Å². The van der Waals surface area contributed by atoms with Crippen LogP contribution in [0, 0.1) is 0 Å². The molecule has 0 bridgehead atoms. The normalized spacial score (nSPS) is 12.4. The predicted molar refractivity (Wildman–Crippen MR) is 399 cm³/mol. The number of rotatable bonds is 77. The zero-order valence-corrected chi connectivity index (χ0v) is 60.9. The van der Waals surface area contributed by atoms with E-state index in [-0.39, 0.29) is 25.2 Å². The van der Waals surface area contributed by atoms with Crippen molar-refractivity contribution in [2.45, 2.75) is 457 Å². The van der Waals surface area contributed by atoms with Crippen molar-refractivity contribution in [3.63, 3.8) is 0 Å². The molecule has 1 atom stereocenters. The molecule has 0 aromatic heterocycles. The lowest BCUT2D eigenvalue weighted by molar-refractivity contribution is -0.161. The maximum atomic E-state index is 12.4. The number of ether oxygens (including phenoxy) is 2. The third-order valence-electron chi connectivity index (χ3n) is 18.8. The SMILES string of the molecule is CC/C=C\C/C=C\C/C=C\C/C=C\C/C=C\CCCCCCCCCCCCCCCCCCCCCCCCCCCC(=O)OC(CO)COC(=O)CCCCCCCCCCCCCCCCCCCCCCCCCCCCCCCCCCCCC. The smallest absolute Gasteiger partial charge is 0.306 e. The first kappa shape index (κ1) is 87.6. The molecule has 0 heterocycles. The average molecular weight is 1260 g/mol. The molecule has 90 heavy (non-hydrogen) atoms. The minimum absolute atomic E-state index is 0.0585. The highest BCUT2D eigenvalue weighted by atomic mass is 16.6. The van der Waals surface area contributed by atoms with E-state index in [0.29, 0.717) is 12.8 Å². The highest BCUT2D eigenvalue weighted by Gasteiger charge is 2.16. The van der Waals surface area contributed by atoms with Gasteiger partial charge in [-0.05, 0) is 57.8 Å². The summed E-state index contributed by atoms with van der Waals surface area (Å²) in [5.74, 6) is -0.562. The van der Waals surface area contributed by atoms with Crippen molar-refractivity contribution in [1.82, 2.24) is 0 Å². The molecule has 5 heteroatoms. The fraction of sp³-hybridized carbons (Fsp3) is 0.859. The molecule has 0 amide bonds. The minimum Gasteiger partial charge on any atom is -0.462 e. The van der Waals surface area contributed by atoms with Crippen LogP contribution in [0.2, 0.25) is 0 Å². The number of aliphatic hydroxyl groups is 1. The molecule has 0 aromatic carbocycles. The summed E-state index contributed by atoms with van der Waals surface area (Å²) in [5.41, 5.74) is 0. The third kappa shape index (κ3) is 78.0. The maximum Gasteiger partial charge on any atom is 0.306 e. The Labute approximate surface area is 563 Å². The summed E-state index contributed by atoms with van der Waals surface area (Å²) in [7, 11) is 0. The van der Waals surface area contributed by atoms with Crippen LogP contribution in [0.5, 0.6) is 0 Å². The van der Waals surface area contributed by atoms with Crippen molar-refractivity contribution in [2.75, 3.05) is 13.2 Å². The first-order chi connectivity index (χ1) is 44.6. The van der Waals surface area contributed by atoms with Crippen molar-refractivity contribution >= 4 is 11.9 Å². The molecule has 528 valence electrons. The van der Waals surface area contributed by atoms with Gasteiger partial charge in [0, 0.05) is 12.8 Å². The summed E-state index contributed by atoms with van der Waals surface area (Å²) in [5, 5.41) is 9.73. The van der Waals surface area contributed by atoms with Crippen molar-refractivity contribution in [3.05, 3.63) is 60.8 Å². The van der Waals surface area contributed by atoms with E-state index >= 15 is 0 Å². The summed E-state index contributed by atoms with van der Waals surface area (Å²) in [6.45, 7) is 4.10. The molecule has 0 saturated carbocycles. The second-order valence-electron chi connectivity index (χ2n) is 27.8. The zero-order valence-electron chi connectivity index (χ0n) is 60.9. The Morgan fingerprint density at radius 2 is 0.478 bits per heavy atom. The summed E-state index contributed by atoms with van der Waals surface area (Å²) < 4.78 is 10.8. The number of unbranched alkanes of at least 4 members (excludes halogenated alkanes) is 59. The molecule has 0 spiro atoms. The van der Waals surface area contributed by atoms with Crippen LogP contribution in [0.15, 0.2) is 60.8 Å². The number of carbonyl (C=O) groups excluding carboxylic acids is 2. The van der Waals surface area contributed by atoms with E-state index in [1.165, 1.54) is 360 Å². The quantitative estimate of drug-likeness (QED) is 0.0373. The third-order valence-corrected chi connectivity index (χ3v) is 18.8. The van der Waals surface area contributed by atoms with Gasteiger partial charge in [-0.1, -0.05) is 441 Å². The molecule has 0 radical (unpaired) electrons. The molecule has 0 fully saturated rings. The summed E-state index contributed by atoms with van der Waals surface area (Å²) in [6, 6.07) is 0. The lowest BCUT2D eigenvalue weighted by atomic mass is 10.0. The molecular weight excluding hydrogens is 1100 g/mol. The molecule has 0 aliphatic carbocycles. The Morgan fingerprint density at radius 1 is 0.267 bits per heavy atom. The van der Waals surface area contributed by atoms with E-state index < -0.39 is 6.10 Å². The molecule has 0 saturated heterocycles. The number of hydrogen-bond acceptors (Lipinski definition) is 5. The average Bonchev–Trinajstić information content (AvgIpc) is 3.60. The van der Waals surface area contributed by atoms with Gasteiger partial charge in [0.1, 0.15) is 6.61 Å². The Hall–Kier alpha value is -2.40. The second-order valence-corrected chi connectivity index (χ2v) is 27.8. The van der Waals surface area contributed by atoms with Crippen molar-refractivity contribution in [1.29, 1.82) is 0 Å². The fourth-order valence-corrected chi connectivity index (χ4v) is 12.8. The first-order valence-electron chi connectivity index (χ1n) is 40.8. The van der Waals surface area contributed by atoms with Crippen molar-refractivity contribution in [3.8, 4) is 0 Å². The van der Waals surface area contributed by atoms with E-state index in [1.54, 1.807) is 0 Å². The molecule has 0 aromatic rings. The number of allylic oxidation sites excluding steroid dienone is 10. The van der Waals surface area contributed by atoms with Crippen LogP contribution < -0.4 is 0 Å². The van der Waals surface area contributed by atoms with Crippen LogP contribution in [-0.4, -0.2) is 36.4 Å². The minimum atomic E-state index is -0.770. The van der Waals surface area contributed by atoms with Gasteiger partial charge in [0.25, 0.3) is 0 Å². The van der Waals surface area contributed by atoms with Crippen molar-refractivity contribution < 1.29 is 24.2 Å². The Kier molecular flexibility index (Phi) is 78.7. The standard InChI is InChI=1S/C85H158O5/c1-3-5-7-9-11-13-15-17-19-21-23-25-27-29-31-33-35-37-39-40-41-42-43-44-46-48-50-52-54-56-58-60-62-64-66-68-70-72-74-76-78-80-85(88)90-83(81-86)82-89-84(87)79-77-75-73-71-69-67-65-63-61-59-57-55-53-51-49-47-45-38-36-34-32-30-28-26-24-22-20-18-16-14-12-10-8-6-4-2/h5,7,11,13,17,19,23,25,29,31,83,86H,3-4,6,8-10,12,14-16,18,20-22,24,26-28,30,32-82H2,1-2H3/b7-5-,13-11-,19-17-,25-23-,31-29-. The predicted octanol–water partition coefficient (Wildman–Crippen LogP) is 28.8. The van der Waals surface area contributed by atoms with Crippen LogP contribution in [0.1, 0.15) is 450 Å². The summed E-state index contributed by atoms with van der Waals surface area (Å²) in [6.07, 6.45) is 112. The molecule has 1 unspecified atom stereocenters. The van der Waals surface area contributed by atoms with E-state index in [1.807, 2.05) is 0 Å². The van der Waals surface area contributed by atoms with Gasteiger partial charge in [0.2, 0.25) is 0 Å². The molecule has 1 N–H and O–H groups in total. The van der Waals surface area contributed by atoms with Gasteiger partial charge in [0.05, 0.1) is 6.61 Å². The molecule has 0 rings (SSSR count). The monoisotopic (exact) mass is 1260 g/mol. The van der Waals surface area contributed by atoms with Crippen LogP contribution in [0.25, 0.3) is 0 Å². The zero-order chi connectivity index (χ0) is 64.7. The van der Waals surface area contributed by atoms with Gasteiger partial charge in [-0.15, -0.1) is 0 Å². The first-order valence-corrected chi connectivity index (χ1v) is 40.8. The lowest BCUT2D eigenvalue weighted by Gasteiger charge is -2.15. The van der Waals surface area contributed by atoms with E-state index in [4.69, 9.17) is 9.47 Å². The lowest BCUT2D eigenvalue weighted by Crippen LogP contribution is -2.28. The molecule has 5 nitrogen and oxygen atoms in total. The van der Waals surface area contributed by atoms with Gasteiger partial charge in [-0.2, -0.15) is 0 Å². The topological polar surface area (TPSA) is 72.8 Å². The van der Waals surface area contributed by atoms with Gasteiger partial charge >= 0.3 is 11.9 Å². The molecule has 0 aliphatic heterocycles. The largest absolute Gasteiger partial charge is 0.462 e. The summed E-state index contributed by atoms with van der Waals surface area (Å²) in [4.78, 5) is 24.7. The maximum absolute atomic E-state index is 12.4. The highest BCUT2D eigenvalue weighted by molar-refractivity contribution is 5.70. The number of esters is 2. The van der Waals surface area contributed by atoms with Gasteiger partial charge in [0.15, 0.2) is 6.10 Å². The Morgan fingerprint density at radius 3 is 0.722 bits per heavy atom. The van der Waals surface area contributed by atoms with Crippen LogP contribution in [-0.2, 0) is 19.1 Å².